The van der Waals surface area contributed by atoms with E-state index in [1.807, 2.05) is 0 Å². The third-order valence-corrected chi connectivity index (χ3v) is 2.09. The molecule has 0 fully saturated rings. The Balaban J connectivity index is 3.11. The second-order valence-corrected chi connectivity index (χ2v) is 3.57. The van der Waals surface area contributed by atoms with Crippen molar-refractivity contribution in [3.8, 4) is 0 Å². The number of hydrogen-bond donors (Lipinski definition) is 2. The maximum absolute atomic E-state index is 11.1. The summed E-state index contributed by atoms with van der Waals surface area (Å²) < 4.78 is 5.06. The standard InChI is InChI=1S/C11H24N2O2/c1-2-3-4-5-10-15-11(14)6-8-13-9-7-12/h13H,2-10,12H2,1H3. The Morgan fingerprint density at radius 2 is 2.07 bits per heavy atom. The average molecular weight is 216 g/mol. The molecule has 0 bridgehead atoms. The van der Waals surface area contributed by atoms with E-state index in [0.29, 0.717) is 26.1 Å². The summed E-state index contributed by atoms with van der Waals surface area (Å²) in [5, 5.41) is 3.05. The van der Waals surface area contributed by atoms with E-state index >= 15 is 0 Å². The number of hydrogen-bond acceptors (Lipinski definition) is 4. The van der Waals surface area contributed by atoms with Crippen LogP contribution in [0.2, 0.25) is 0 Å². The number of nitrogens with two attached hydrogens (primary N) is 1. The summed E-state index contributed by atoms with van der Waals surface area (Å²) in [6.07, 6.45) is 4.99. The maximum Gasteiger partial charge on any atom is 0.307 e. The van der Waals surface area contributed by atoms with E-state index in [1.165, 1.54) is 12.8 Å². The summed E-state index contributed by atoms with van der Waals surface area (Å²) >= 11 is 0. The van der Waals surface area contributed by atoms with Gasteiger partial charge in [-0.1, -0.05) is 26.2 Å². The second kappa shape index (κ2) is 11.5. The van der Waals surface area contributed by atoms with E-state index in [1.54, 1.807) is 0 Å². The molecule has 0 unspecified atom stereocenters. The summed E-state index contributed by atoms with van der Waals surface area (Å²) in [7, 11) is 0. The molecule has 0 radical (unpaired) electrons. The first kappa shape index (κ1) is 14.4. The van der Waals surface area contributed by atoms with Crippen LogP contribution in [-0.2, 0) is 9.53 Å². The molecule has 0 aromatic rings. The molecule has 0 aliphatic carbocycles. The highest BCUT2D eigenvalue weighted by molar-refractivity contribution is 5.69. The topological polar surface area (TPSA) is 64.3 Å². The molecule has 0 spiro atoms. The summed E-state index contributed by atoms with van der Waals surface area (Å²) in [6.45, 7) is 4.74. The molecule has 0 atom stereocenters. The Kier molecular flexibility index (Phi) is 11.0. The molecule has 0 aliphatic rings. The number of esters is 1. The molecule has 0 amide bonds. The van der Waals surface area contributed by atoms with Gasteiger partial charge in [-0.25, -0.2) is 0 Å². The number of nitrogens with one attached hydrogen (secondary N) is 1. The lowest BCUT2D eigenvalue weighted by molar-refractivity contribution is -0.143. The summed E-state index contributed by atoms with van der Waals surface area (Å²) in [5.74, 6) is -0.115. The van der Waals surface area contributed by atoms with Gasteiger partial charge < -0.3 is 15.8 Å². The molecule has 0 saturated carbocycles. The third-order valence-electron chi connectivity index (χ3n) is 2.09. The average Bonchev–Trinajstić information content (AvgIpc) is 2.24. The van der Waals surface area contributed by atoms with E-state index in [9.17, 15) is 4.79 Å². The first-order valence-corrected chi connectivity index (χ1v) is 5.87. The van der Waals surface area contributed by atoms with Gasteiger partial charge >= 0.3 is 5.97 Å². The molecule has 0 aromatic heterocycles. The Morgan fingerprint density at radius 1 is 1.27 bits per heavy atom. The molecule has 0 aromatic carbocycles. The van der Waals surface area contributed by atoms with Crippen LogP contribution >= 0.6 is 0 Å². The van der Waals surface area contributed by atoms with Crippen LogP contribution in [0.1, 0.15) is 39.0 Å². The van der Waals surface area contributed by atoms with Gasteiger partial charge in [-0.2, -0.15) is 0 Å². The van der Waals surface area contributed by atoms with Crippen LogP contribution in [0.5, 0.6) is 0 Å². The van der Waals surface area contributed by atoms with Crippen molar-refractivity contribution in [3.63, 3.8) is 0 Å². The van der Waals surface area contributed by atoms with Crippen molar-refractivity contribution >= 4 is 5.97 Å². The van der Waals surface area contributed by atoms with Gasteiger partial charge in [0, 0.05) is 19.6 Å². The van der Waals surface area contributed by atoms with Crippen LogP contribution in [0.3, 0.4) is 0 Å². The van der Waals surface area contributed by atoms with Gasteiger partial charge in [0.2, 0.25) is 0 Å². The predicted molar refractivity (Wildman–Crippen MR) is 61.6 cm³/mol. The fourth-order valence-electron chi connectivity index (χ4n) is 1.20. The fourth-order valence-corrected chi connectivity index (χ4v) is 1.20. The first-order valence-electron chi connectivity index (χ1n) is 5.87. The molecule has 3 N–H and O–H groups in total. The van der Waals surface area contributed by atoms with Crippen LogP contribution in [0.25, 0.3) is 0 Å². The van der Waals surface area contributed by atoms with Crippen molar-refractivity contribution in [3.05, 3.63) is 0 Å². The Bertz CT molecular complexity index is 152. The fraction of sp³-hybridized carbons (Fsp3) is 0.909. The molecule has 90 valence electrons. The Hall–Kier alpha value is -0.610. The normalized spacial score (nSPS) is 10.3. The van der Waals surface area contributed by atoms with E-state index in [-0.39, 0.29) is 5.97 Å². The Labute approximate surface area is 92.6 Å². The number of unbranched alkanes of at least 4 members (excludes halogenated alkanes) is 3. The molecular weight excluding hydrogens is 192 g/mol. The second-order valence-electron chi connectivity index (χ2n) is 3.57. The molecule has 0 saturated heterocycles. The van der Waals surface area contributed by atoms with Crippen molar-refractivity contribution in [2.75, 3.05) is 26.2 Å². The zero-order valence-electron chi connectivity index (χ0n) is 9.76. The number of rotatable bonds is 10. The largest absolute Gasteiger partial charge is 0.466 e. The molecule has 4 heteroatoms. The van der Waals surface area contributed by atoms with E-state index < -0.39 is 0 Å². The van der Waals surface area contributed by atoms with Crippen LogP contribution in [-0.4, -0.2) is 32.2 Å². The van der Waals surface area contributed by atoms with Crippen molar-refractivity contribution in [2.45, 2.75) is 39.0 Å². The van der Waals surface area contributed by atoms with Gasteiger partial charge in [-0.05, 0) is 6.42 Å². The van der Waals surface area contributed by atoms with Gasteiger partial charge in [0.25, 0.3) is 0 Å². The van der Waals surface area contributed by atoms with Crippen molar-refractivity contribution in [1.29, 1.82) is 0 Å². The lowest BCUT2D eigenvalue weighted by atomic mass is 10.2. The zero-order valence-corrected chi connectivity index (χ0v) is 9.76. The SMILES string of the molecule is CCCCCCOC(=O)CCNCCN. The lowest BCUT2D eigenvalue weighted by Crippen LogP contribution is -2.25. The van der Waals surface area contributed by atoms with Gasteiger partial charge in [0.05, 0.1) is 13.0 Å². The van der Waals surface area contributed by atoms with E-state index in [2.05, 4.69) is 12.2 Å². The van der Waals surface area contributed by atoms with Gasteiger partial charge in [0.15, 0.2) is 0 Å². The molecule has 0 aliphatic heterocycles. The molecule has 15 heavy (non-hydrogen) atoms. The summed E-state index contributed by atoms with van der Waals surface area (Å²) in [5.41, 5.74) is 5.29. The summed E-state index contributed by atoms with van der Waals surface area (Å²) in [6, 6.07) is 0. The quantitative estimate of drug-likeness (QED) is 0.423. The zero-order chi connectivity index (χ0) is 11.4. The lowest BCUT2D eigenvalue weighted by Gasteiger charge is -2.05. The van der Waals surface area contributed by atoms with Crippen molar-refractivity contribution in [1.82, 2.24) is 5.32 Å². The van der Waals surface area contributed by atoms with Gasteiger partial charge in [-0.15, -0.1) is 0 Å². The van der Waals surface area contributed by atoms with Crippen LogP contribution in [0, 0.1) is 0 Å². The van der Waals surface area contributed by atoms with Crippen LogP contribution in [0.4, 0.5) is 0 Å². The minimum absolute atomic E-state index is 0.115. The minimum atomic E-state index is -0.115. The summed E-state index contributed by atoms with van der Waals surface area (Å²) in [4.78, 5) is 11.1. The molecule has 0 heterocycles. The third kappa shape index (κ3) is 11.3. The first-order chi connectivity index (χ1) is 7.31. The van der Waals surface area contributed by atoms with Crippen LogP contribution < -0.4 is 11.1 Å². The van der Waals surface area contributed by atoms with Crippen LogP contribution in [0.15, 0.2) is 0 Å². The molecule has 4 nitrogen and oxygen atoms in total. The number of ether oxygens (including phenoxy) is 1. The van der Waals surface area contributed by atoms with E-state index in [0.717, 1.165) is 19.4 Å². The monoisotopic (exact) mass is 216 g/mol. The Morgan fingerprint density at radius 3 is 2.73 bits per heavy atom. The van der Waals surface area contributed by atoms with E-state index in [4.69, 9.17) is 10.5 Å². The predicted octanol–water partition coefficient (Wildman–Crippen LogP) is 1.05. The number of carbonyl (C=O) groups excluding carboxylic acids is 1. The van der Waals surface area contributed by atoms with Gasteiger partial charge in [0.1, 0.15) is 0 Å². The highest BCUT2D eigenvalue weighted by Gasteiger charge is 2.01. The molecule has 0 rings (SSSR count). The highest BCUT2D eigenvalue weighted by Crippen LogP contribution is 1.99. The maximum atomic E-state index is 11.1. The van der Waals surface area contributed by atoms with Crippen molar-refractivity contribution in [2.24, 2.45) is 5.73 Å². The molecular formula is C11H24N2O2. The van der Waals surface area contributed by atoms with Gasteiger partial charge in [-0.3, -0.25) is 4.79 Å². The highest BCUT2D eigenvalue weighted by atomic mass is 16.5. The smallest absolute Gasteiger partial charge is 0.307 e. The minimum Gasteiger partial charge on any atom is -0.466 e. The number of carbonyl (C=O) groups is 1. The van der Waals surface area contributed by atoms with Crippen molar-refractivity contribution < 1.29 is 9.53 Å².